The molecule has 0 fully saturated rings. The average molecular weight is 351 g/mol. The number of hydrogen-bond acceptors (Lipinski definition) is 3. The summed E-state index contributed by atoms with van der Waals surface area (Å²) in [6.45, 7) is -0.170. The fourth-order valence-corrected chi connectivity index (χ4v) is 2.31. The fourth-order valence-electron chi connectivity index (χ4n) is 1.82. The van der Waals surface area contributed by atoms with Crippen molar-refractivity contribution in [1.82, 2.24) is 0 Å². The van der Waals surface area contributed by atoms with Crippen molar-refractivity contribution in [2.75, 3.05) is 17.7 Å². The van der Waals surface area contributed by atoms with Gasteiger partial charge in [0, 0.05) is 27.5 Å². The molecule has 21 heavy (non-hydrogen) atoms. The number of anilines is 2. The van der Waals surface area contributed by atoms with Crippen LogP contribution in [0.1, 0.15) is 5.56 Å². The first-order valence-electron chi connectivity index (χ1n) is 6.24. The molecular formula is C15H15BrN2O3. The molecule has 0 radical (unpaired) electrons. The average Bonchev–Trinajstić information content (AvgIpc) is 2.47. The second kappa shape index (κ2) is 7.10. The molecule has 0 saturated heterocycles. The summed E-state index contributed by atoms with van der Waals surface area (Å²) in [7, 11) is 1.56. The summed E-state index contributed by atoms with van der Waals surface area (Å²) < 4.78 is 5.84. The van der Waals surface area contributed by atoms with Gasteiger partial charge in [0.1, 0.15) is 5.75 Å². The highest BCUT2D eigenvalue weighted by Crippen LogP contribution is 2.25. The number of urea groups is 1. The Morgan fingerprint density at radius 1 is 1.24 bits per heavy atom. The van der Waals surface area contributed by atoms with E-state index in [0.717, 1.165) is 4.47 Å². The molecular weight excluding hydrogens is 336 g/mol. The first-order valence-corrected chi connectivity index (χ1v) is 7.03. The monoisotopic (exact) mass is 350 g/mol. The predicted molar refractivity (Wildman–Crippen MR) is 85.7 cm³/mol. The minimum atomic E-state index is -0.393. The fraction of sp³-hybridized carbons (Fsp3) is 0.133. The van der Waals surface area contributed by atoms with E-state index in [1.165, 1.54) is 0 Å². The Balaban J connectivity index is 2.10. The maximum atomic E-state index is 12.0. The van der Waals surface area contributed by atoms with Crippen LogP contribution in [0.3, 0.4) is 0 Å². The molecule has 2 rings (SSSR count). The number of ether oxygens (including phenoxy) is 1. The second-order valence-corrected chi connectivity index (χ2v) is 5.09. The van der Waals surface area contributed by atoms with E-state index < -0.39 is 6.03 Å². The predicted octanol–water partition coefficient (Wildman–Crippen LogP) is 3.59. The largest absolute Gasteiger partial charge is 0.497 e. The molecule has 0 aliphatic rings. The Morgan fingerprint density at radius 2 is 2.00 bits per heavy atom. The van der Waals surface area contributed by atoms with Gasteiger partial charge in [-0.05, 0) is 24.3 Å². The molecule has 0 aliphatic carbocycles. The van der Waals surface area contributed by atoms with Gasteiger partial charge in [0.2, 0.25) is 0 Å². The molecule has 0 bridgehead atoms. The number of hydrogen-bond donors (Lipinski definition) is 3. The number of carbonyl (C=O) groups is 1. The van der Waals surface area contributed by atoms with Crippen LogP contribution < -0.4 is 15.4 Å². The Morgan fingerprint density at radius 3 is 2.71 bits per heavy atom. The summed E-state index contributed by atoms with van der Waals surface area (Å²) in [5.41, 5.74) is 1.79. The van der Waals surface area contributed by atoms with Gasteiger partial charge in [-0.25, -0.2) is 4.79 Å². The lowest BCUT2D eigenvalue weighted by atomic mass is 10.2. The zero-order chi connectivity index (χ0) is 15.2. The van der Waals surface area contributed by atoms with Crippen molar-refractivity contribution in [3.05, 3.63) is 52.5 Å². The molecule has 0 unspecified atom stereocenters. The van der Waals surface area contributed by atoms with E-state index in [2.05, 4.69) is 26.6 Å². The molecule has 6 heteroatoms. The van der Waals surface area contributed by atoms with Crippen LogP contribution in [0.2, 0.25) is 0 Å². The summed E-state index contributed by atoms with van der Waals surface area (Å²) in [6.07, 6.45) is 0. The molecule has 2 aromatic rings. The molecule has 0 heterocycles. The maximum absolute atomic E-state index is 12.0. The number of carbonyl (C=O) groups excluding carboxylic acids is 1. The summed E-state index contributed by atoms with van der Waals surface area (Å²) in [6, 6.07) is 12.0. The number of aliphatic hydroxyl groups is 1. The first kappa shape index (κ1) is 15.3. The highest BCUT2D eigenvalue weighted by atomic mass is 79.9. The number of amides is 2. The van der Waals surface area contributed by atoms with Gasteiger partial charge in [0.25, 0.3) is 0 Å². The third kappa shape index (κ3) is 3.96. The van der Waals surface area contributed by atoms with Gasteiger partial charge in [0.05, 0.1) is 13.7 Å². The molecule has 0 aliphatic heterocycles. The van der Waals surface area contributed by atoms with E-state index in [-0.39, 0.29) is 6.61 Å². The highest BCUT2D eigenvalue weighted by Gasteiger charge is 2.09. The van der Waals surface area contributed by atoms with Crippen molar-refractivity contribution in [3.63, 3.8) is 0 Å². The van der Waals surface area contributed by atoms with E-state index in [0.29, 0.717) is 22.7 Å². The molecule has 110 valence electrons. The normalized spacial score (nSPS) is 10.0. The van der Waals surface area contributed by atoms with Crippen molar-refractivity contribution >= 4 is 33.3 Å². The highest BCUT2D eigenvalue weighted by molar-refractivity contribution is 9.10. The van der Waals surface area contributed by atoms with Crippen LogP contribution in [-0.2, 0) is 6.61 Å². The summed E-state index contributed by atoms with van der Waals surface area (Å²) >= 11 is 3.33. The number of nitrogens with one attached hydrogen (secondary N) is 2. The van der Waals surface area contributed by atoms with E-state index >= 15 is 0 Å². The van der Waals surface area contributed by atoms with E-state index in [4.69, 9.17) is 4.74 Å². The van der Waals surface area contributed by atoms with Crippen LogP contribution in [0, 0.1) is 0 Å². The van der Waals surface area contributed by atoms with Crippen LogP contribution in [0.25, 0.3) is 0 Å². The maximum Gasteiger partial charge on any atom is 0.323 e. The third-order valence-corrected chi connectivity index (χ3v) is 3.60. The van der Waals surface area contributed by atoms with Crippen LogP contribution in [0.4, 0.5) is 16.2 Å². The van der Waals surface area contributed by atoms with E-state index in [1.807, 2.05) is 0 Å². The van der Waals surface area contributed by atoms with Crippen molar-refractivity contribution in [2.24, 2.45) is 0 Å². The lowest BCUT2D eigenvalue weighted by molar-refractivity contribution is 0.262. The van der Waals surface area contributed by atoms with Crippen LogP contribution in [-0.4, -0.2) is 18.2 Å². The van der Waals surface area contributed by atoms with E-state index in [1.54, 1.807) is 49.6 Å². The zero-order valence-electron chi connectivity index (χ0n) is 11.4. The van der Waals surface area contributed by atoms with Gasteiger partial charge in [-0.3, -0.25) is 0 Å². The molecule has 0 saturated carbocycles. The third-order valence-electron chi connectivity index (χ3n) is 2.85. The Hall–Kier alpha value is -2.05. The lowest BCUT2D eigenvalue weighted by Gasteiger charge is -2.12. The van der Waals surface area contributed by atoms with Gasteiger partial charge in [0.15, 0.2) is 0 Å². The molecule has 0 aromatic heterocycles. The van der Waals surface area contributed by atoms with Crippen LogP contribution in [0.5, 0.6) is 5.75 Å². The molecule has 0 atom stereocenters. The number of methoxy groups -OCH3 is 1. The molecule has 0 spiro atoms. The van der Waals surface area contributed by atoms with Crippen molar-refractivity contribution in [3.8, 4) is 5.75 Å². The van der Waals surface area contributed by atoms with Gasteiger partial charge in [-0.15, -0.1) is 0 Å². The van der Waals surface area contributed by atoms with Gasteiger partial charge >= 0.3 is 6.03 Å². The summed E-state index contributed by atoms with van der Waals surface area (Å²) in [4.78, 5) is 12.0. The molecule has 2 amide bonds. The SMILES string of the molecule is COc1cccc(NC(=O)Nc2cccc(Br)c2CO)c1. The minimum Gasteiger partial charge on any atom is -0.497 e. The second-order valence-electron chi connectivity index (χ2n) is 4.24. The first-order chi connectivity index (χ1) is 10.1. The Kier molecular flexibility index (Phi) is 5.19. The van der Waals surface area contributed by atoms with Gasteiger partial charge in [-0.1, -0.05) is 28.1 Å². The van der Waals surface area contributed by atoms with E-state index in [9.17, 15) is 9.90 Å². The molecule has 2 aromatic carbocycles. The minimum absolute atomic E-state index is 0.170. The van der Waals surface area contributed by atoms with Crippen LogP contribution in [0.15, 0.2) is 46.9 Å². The summed E-state index contributed by atoms with van der Waals surface area (Å²) in [5.74, 6) is 0.659. The standard InChI is InChI=1S/C15H15BrN2O3/c1-21-11-5-2-4-10(8-11)17-15(20)18-14-7-3-6-13(16)12(14)9-19/h2-8,19H,9H2,1H3,(H2,17,18,20). The van der Waals surface area contributed by atoms with Crippen molar-refractivity contribution < 1.29 is 14.6 Å². The van der Waals surface area contributed by atoms with Crippen molar-refractivity contribution in [2.45, 2.75) is 6.61 Å². The van der Waals surface area contributed by atoms with Crippen molar-refractivity contribution in [1.29, 1.82) is 0 Å². The number of aliphatic hydroxyl groups excluding tert-OH is 1. The summed E-state index contributed by atoms with van der Waals surface area (Å²) in [5, 5.41) is 14.8. The smallest absolute Gasteiger partial charge is 0.323 e. The lowest BCUT2D eigenvalue weighted by Crippen LogP contribution is -2.20. The molecule has 5 nitrogen and oxygen atoms in total. The Labute approximate surface area is 131 Å². The van der Waals surface area contributed by atoms with Gasteiger partial charge < -0.3 is 20.5 Å². The van der Waals surface area contributed by atoms with Crippen LogP contribution >= 0.6 is 15.9 Å². The number of rotatable bonds is 4. The molecule has 3 N–H and O–H groups in total. The topological polar surface area (TPSA) is 70.6 Å². The Bertz CT molecular complexity index is 647. The zero-order valence-corrected chi connectivity index (χ0v) is 13.0. The quantitative estimate of drug-likeness (QED) is 0.788. The number of benzene rings is 2. The number of halogens is 1. The van der Waals surface area contributed by atoms with Gasteiger partial charge in [-0.2, -0.15) is 0 Å².